The van der Waals surface area contributed by atoms with Crippen molar-refractivity contribution in [3.05, 3.63) is 39.9 Å². The number of carbonyl (C=O) groups excluding carboxylic acids is 1. The standard InChI is InChI=1S/C12H14N4O3/c1-7-8(2)15-19-12(7)14-10(17)6-16-5-9(13)3-4-11(16)18/h3-5H,6,13H2,1-2H3,(H,14,17). The third-order valence-electron chi connectivity index (χ3n) is 2.73. The van der Waals surface area contributed by atoms with E-state index in [4.69, 9.17) is 10.3 Å². The molecule has 0 unspecified atom stereocenters. The van der Waals surface area contributed by atoms with Crippen LogP contribution in [0.4, 0.5) is 11.6 Å². The Morgan fingerprint density at radius 1 is 1.47 bits per heavy atom. The number of amides is 1. The summed E-state index contributed by atoms with van der Waals surface area (Å²) in [6.07, 6.45) is 1.42. The van der Waals surface area contributed by atoms with Gasteiger partial charge in [-0.1, -0.05) is 5.16 Å². The zero-order chi connectivity index (χ0) is 14.0. The predicted molar refractivity (Wildman–Crippen MR) is 69.7 cm³/mol. The maximum Gasteiger partial charge on any atom is 0.251 e. The van der Waals surface area contributed by atoms with Gasteiger partial charge in [0, 0.05) is 23.5 Å². The molecule has 1 amide bonds. The van der Waals surface area contributed by atoms with Gasteiger partial charge < -0.3 is 14.8 Å². The lowest BCUT2D eigenvalue weighted by atomic mass is 10.3. The van der Waals surface area contributed by atoms with E-state index in [1.165, 1.54) is 22.9 Å². The van der Waals surface area contributed by atoms with Crippen LogP contribution in [0.3, 0.4) is 0 Å². The van der Waals surface area contributed by atoms with Gasteiger partial charge in [-0.3, -0.25) is 14.9 Å². The monoisotopic (exact) mass is 262 g/mol. The van der Waals surface area contributed by atoms with Gasteiger partial charge in [-0.15, -0.1) is 0 Å². The van der Waals surface area contributed by atoms with Gasteiger partial charge in [0.15, 0.2) is 0 Å². The number of nitrogens with zero attached hydrogens (tertiary/aromatic N) is 2. The van der Waals surface area contributed by atoms with Crippen molar-refractivity contribution in [1.82, 2.24) is 9.72 Å². The Hall–Kier alpha value is -2.57. The van der Waals surface area contributed by atoms with Gasteiger partial charge >= 0.3 is 0 Å². The number of hydrogen-bond acceptors (Lipinski definition) is 5. The van der Waals surface area contributed by atoms with Crippen molar-refractivity contribution in [2.24, 2.45) is 0 Å². The summed E-state index contributed by atoms with van der Waals surface area (Å²) in [5.41, 5.74) is 7.15. The summed E-state index contributed by atoms with van der Waals surface area (Å²) in [5.74, 6) is -0.0913. The Balaban J connectivity index is 2.12. The second-order valence-corrected chi connectivity index (χ2v) is 4.20. The molecule has 2 heterocycles. The first kappa shape index (κ1) is 12.9. The molecule has 0 spiro atoms. The van der Waals surface area contributed by atoms with Crippen molar-refractivity contribution in [2.75, 3.05) is 11.1 Å². The van der Waals surface area contributed by atoms with Crippen LogP contribution in [0.2, 0.25) is 0 Å². The number of nitrogen functional groups attached to an aromatic ring is 1. The van der Waals surface area contributed by atoms with Crippen LogP contribution >= 0.6 is 0 Å². The molecule has 0 aliphatic carbocycles. The largest absolute Gasteiger partial charge is 0.398 e. The van der Waals surface area contributed by atoms with Crippen molar-refractivity contribution in [3.63, 3.8) is 0 Å². The first-order valence-electron chi connectivity index (χ1n) is 5.66. The number of hydrogen-bond donors (Lipinski definition) is 2. The Kier molecular flexibility index (Phi) is 3.37. The van der Waals surface area contributed by atoms with E-state index in [2.05, 4.69) is 10.5 Å². The van der Waals surface area contributed by atoms with Crippen LogP contribution in [0.5, 0.6) is 0 Å². The minimum absolute atomic E-state index is 0.136. The number of nitrogens with one attached hydrogen (secondary N) is 1. The van der Waals surface area contributed by atoms with E-state index in [9.17, 15) is 9.59 Å². The van der Waals surface area contributed by atoms with Gasteiger partial charge in [0.1, 0.15) is 6.54 Å². The van der Waals surface area contributed by atoms with E-state index in [0.29, 0.717) is 17.3 Å². The average Bonchev–Trinajstić information content (AvgIpc) is 2.66. The van der Waals surface area contributed by atoms with Gasteiger partial charge in [0.2, 0.25) is 11.8 Å². The van der Waals surface area contributed by atoms with Crippen molar-refractivity contribution in [1.29, 1.82) is 0 Å². The number of anilines is 2. The number of aryl methyl sites for hydroxylation is 1. The summed E-state index contributed by atoms with van der Waals surface area (Å²) < 4.78 is 6.19. The smallest absolute Gasteiger partial charge is 0.251 e. The molecule has 0 fully saturated rings. The minimum Gasteiger partial charge on any atom is -0.398 e. The lowest BCUT2D eigenvalue weighted by Gasteiger charge is -2.06. The molecule has 2 aromatic rings. The molecule has 0 radical (unpaired) electrons. The number of pyridine rings is 1. The van der Waals surface area contributed by atoms with Crippen molar-refractivity contribution in [3.8, 4) is 0 Å². The van der Waals surface area contributed by atoms with Crippen LogP contribution in [0.15, 0.2) is 27.6 Å². The Labute approximate surface area is 109 Å². The summed E-state index contributed by atoms with van der Waals surface area (Å²) in [4.78, 5) is 23.3. The molecule has 19 heavy (non-hydrogen) atoms. The fraction of sp³-hybridized carbons (Fsp3) is 0.250. The van der Waals surface area contributed by atoms with Crippen molar-refractivity contribution in [2.45, 2.75) is 20.4 Å². The third kappa shape index (κ3) is 2.82. The highest BCUT2D eigenvalue weighted by Crippen LogP contribution is 2.17. The van der Waals surface area contributed by atoms with E-state index in [-0.39, 0.29) is 18.0 Å². The van der Waals surface area contributed by atoms with E-state index in [1.807, 2.05) is 0 Å². The van der Waals surface area contributed by atoms with Crippen molar-refractivity contribution >= 4 is 17.5 Å². The Bertz CT molecular complexity index is 672. The van der Waals surface area contributed by atoms with E-state index < -0.39 is 0 Å². The van der Waals surface area contributed by atoms with Gasteiger partial charge in [-0.05, 0) is 19.9 Å². The van der Waals surface area contributed by atoms with Crippen LogP contribution in [0.25, 0.3) is 0 Å². The highest BCUT2D eigenvalue weighted by molar-refractivity contribution is 5.89. The van der Waals surface area contributed by atoms with Gasteiger partial charge in [-0.25, -0.2) is 0 Å². The number of rotatable bonds is 3. The number of aromatic nitrogens is 2. The maximum absolute atomic E-state index is 11.8. The molecule has 0 saturated heterocycles. The van der Waals surface area contributed by atoms with Crippen LogP contribution < -0.4 is 16.6 Å². The fourth-order valence-corrected chi connectivity index (χ4v) is 1.53. The first-order chi connectivity index (χ1) is 8.97. The lowest BCUT2D eigenvalue weighted by Crippen LogP contribution is -2.27. The molecule has 0 aliphatic heterocycles. The maximum atomic E-state index is 11.8. The van der Waals surface area contributed by atoms with Crippen LogP contribution in [0.1, 0.15) is 11.3 Å². The third-order valence-corrected chi connectivity index (χ3v) is 2.73. The van der Waals surface area contributed by atoms with Crippen molar-refractivity contribution < 1.29 is 9.32 Å². The summed E-state index contributed by atoms with van der Waals surface area (Å²) >= 11 is 0. The van der Waals surface area contributed by atoms with Gasteiger partial charge in [-0.2, -0.15) is 0 Å². The van der Waals surface area contributed by atoms with Crippen LogP contribution in [0, 0.1) is 13.8 Å². The summed E-state index contributed by atoms with van der Waals surface area (Å²) in [7, 11) is 0. The molecular formula is C12H14N4O3. The molecule has 2 aromatic heterocycles. The lowest BCUT2D eigenvalue weighted by molar-refractivity contribution is -0.116. The second-order valence-electron chi connectivity index (χ2n) is 4.20. The topological polar surface area (TPSA) is 103 Å². The molecule has 0 aliphatic rings. The SMILES string of the molecule is Cc1noc(NC(=O)Cn2cc(N)ccc2=O)c1C. The molecule has 3 N–H and O–H groups in total. The number of nitrogens with two attached hydrogens (primary N) is 1. The predicted octanol–water partition coefficient (Wildman–Crippen LogP) is 0.674. The average molecular weight is 262 g/mol. The van der Waals surface area contributed by atoms with Gasteiger partial charge in [0.25, 0.3) is 5.56 Å². The van der Waals surface area contributed by atoms with Crippen LogP contribution in [-0.2, 0) is 11.3 Å². The fourth-order valence-electron chi connectivity index (χ4n) is 1.53. The zero-order valence-corrected chi connectivity index (χ0v) is 10.6. The molecular weight excluding hydrogens is 248 g/mol. The Morgan fingerprint density at radius 2 is 2.21 bits per heavy atom. The molecule has 7 heteroatoms. The highest BCUT2D eigenvalue weighted by Gasteiger charge is 2.12. The molecule has 7 nitrogen and oxygen atoms in total. The number of carbonyl (C=O) groups is 1. The quantitative estimate of drug-likeness (QED) is 0.846. The summed E-state index contributed by atoms with van der Waals surface area (Å²) in [5, 5.41) is 6.29. The van der Waals surface area contributed by atoms with E-state index in [1.54, 1.807) is 13.8 Å². The second kappa shape index (κ2) is 4.97. The first-order valence-corrected chi connectivity index (χ1v) is 5.66. The van der Waals surface area contributed by atoms with Crippen LogP contribution in [-0.4, -0.2) is 15.6 Å². The van der Waals surface area contributed by atoms with E-state index in [0.717, 1.165) is 5.56 Å². The van der Waals surface area contributed by atoms with Gasteiger partial charge in [0.05, 0.1) is 5.69 Å². The highest BCUT2D eigenvalue weighted by atomic mass is 16.5. The molecule has 2 rings (SSSR count). The molecule has 0 saturated carbocycles. The van der Waals surface area contributed by atoms with E-state index >= 15 is 0 Å². The molecule has 100 valence electrons. The normalized spacial score (nSPS) is 10.4. The summed E-state index contributed by atoms with van der Waals surface area (Å²) in [6.45, 7) is 3.42. The summed E-state index contributed by atoms with van der Waals surface area (Å²) in [6, 6.07) is 2.80. The minimum atomic E-state index is -0.382. The molecule has 0 atom stereocenters. The molecule has 0 aromatic carbocycles. The Morgan fingerprint density at radius 3 is 2.84 bits per heavy atom. The molecule has 0 bridgehead atoms. The zero-order valence-electron chi connectivity index (χ0n) is 10.6.